The summed E-state index contributed by atoms with van der Waals surface area (Å²) in [5, 5.41) is 0. The van der Waals surface area contributed by atoms with Gasteiger partial charge >= 0.3 is 6.03 Å². The predicted octanol–water partition coefficient (Wildman–Crippen LogP) is 2.58. The Morgan fingerprint density at radius 2 is 2.21 bits per heavy atom. The summed E-state index contributed by atoms with van der Waals surface area (Å²) >= 11 is 0. The van der Waals surface area contributed by atoms with Crippen molar-refractivity contribution in [1.29, 1.82) is 0 Å². The lowest BCUT2D eigenvalue weighted by Gasteiger charge is -2.25. The average Bonchev–Trinajstić information content (AvgIpc) is 2.98. The van der Waals surface area contributed by atoms with Crippen LogP contribution in [-0.2, 0) is 6.42 Å². The van der Waals surface area contributed by atoms with Crippen molar-refractivity contribution in [3.63, 3.8) is 0 Å². The molecule has 1 amide bonds. The number of imidazole rings is 1. The second-order valence-electron chi connectivity index (χ2n) is 4.36. The van der Waals surface area contributed by atoms with Crippen molar-refractivity contribution >= 4 is 6.03 Å². The maximum absolute atomic E-state index is 12.2. The van der Waals surface area contributed by atoms with E-state index in [-0.39, 0.29) is 12.1 Å². The first-order chi connectivity index (χ1) is 9.22. The number of rotatable bonds is 4. The Hall–Kier alpha value is -2.36. The summed E-state index contributed by atoms with van der Waals surface area (Å²) in [5.74, 6) is 0. The monoisotopic (exact) mass is 255 g/mol. The summed E-state index contributed by atoms with van der Waals surface area (Å²) in [7, 11) is 1.78. The minimum absolute atomic E-state index is 0.0442. The number of amides is 1. The molecule has 1 aromatic heterocycles. The highest BCUT2D eigenvalue weighted by molar-refractivity contribution is 5.76. The van der Waals surface area contributed by atoms with E-state index in [1.165, 1.54) is 16.5 Å². The molecule has 19 heavy (non-hydrogen) atoms. The molecule has 4 nitrogen and oxygen atoms in total. The van der Waals surface area contributed by atoms with Gasteiger partial charge in [0, 0.05) is 19.4 Å². The maximum Gasteiger partial charge on any atom is 0.329 e. The van der Waals surface area contributed by atoms with Crippen LogP contribution in [0.2, 0.25) is 0 Å². The Labute approximate surface area is 113 Å². The molecule has 0 aliphatic rings. The molecular weight excluding hydrogens is 238 g/mol. The topological polar surface area (TPSA) is 38.1 Å². The molecule has 98 valence electrons. The van der Waals surface area contributed by atoms with E-state index >= 15 is 0 Å². The average molecular weight is 255 g/mol. The van der Waals surface area contributed by atoms with Crippen LogP contribution < -0.4 is 0 Å². The van der Waals surface area contributed by atoms with Gasteiger partial charge in [0.05, 0.1) is 6.04 Å². The van der Waals surface area contributed by atoms with E-state index in [0.29, 0.717) is 0 Å². The molecule has 4 heteroatoms. The molecule has 0 aliphatic carbocycles. The third-order valence-electron chi connectivity index (χ3n) is 3.08. The molecule has 0 spiro atoms. The summed E-state index contributed by atoms with van der Waals surface area (Å²) < 4.78 is 1.46. The lowest BCUT2D eigenvalue weighted by atomic mass is 10.1. The number of nitrogens with zero attached hydrogens (tertiary/aromatic N) is 3. The van der Waals surface area contributed by atoms with Crippen molar-refractivity contribution in [3.8, 4) is 0 Å². The zero-order chi connectivity index (χ0) is 13.7. The number of aromatic nitrogens is 2. The standard InChI is InChI=1S/C15H17N3O/c1-3-14(11-13-7-5-4-6-8-13)17(2)15(19)18-10-9-16-12-18/h3-10,12,14H,1,11H2,2H3. The molecule has 1 aromatic carbocycles. The highest BCUT2D eigenvalue weighted by Gasteiger charge is 2.18. The zero-order valence-corrected chi connectivity index (χ0v) is 10.9. The van der Waals surface area contributed by atoms with Crippen LogP contribution in [0.1, 0.15) is 5.56 Å². The van der Waals surface area contributed by atoms with E-state index in [1.807, 2.05) is 30.3 Å². The van der Waals surface area contributed by atoms with E-state index in [0.717, 1.165) is 6.42 Å². The SMILES string of the molecule is C=CC(Cc1ccccc1)N(C)C(=O)n1ccnc1. The van der Waals surface area contributed by atoms with Gasteiger partial charge in [-0.1, -0.05) is 36.4 Å². The van der Waals surface area contributed by atoms with Crippen molar-refractivity contribution in [2.45, 2.75) is 12.5 Å². The molecule has 0 bridgehead atoms. The Morgan fingerprint density at radius 3 is 2.79 bits per heavy atom. The zero-order valence-electron chi connectivity index (χ0n) is 10.9. The number of carbonyl (C=O) groups is 1. The van der Waals surface area contributed by atoms with Crippen molar-refractivity contribution in [3.05, 3.63) is 67.3 Å². The van der Waals surface area contributed by atoms with Crippen molar-refractivity contribution in [2.75, 3.05) is 7.05 Å². The fraction of sp³-hybridized carbons (Fsp3) is 0.200. The molecule has 1 heterocycles. The van der Waals surface area contributed by atoms with Gasteiger partial charge in [0.2, 0.25) is 0 Å². The maximum atomic E-state index is 12.2. The first kappa shape index (κ1) is 13.1. The van der Waals surface area contributed by atoms with Crippen molar-refractivity contribution < 1.29 is 4.79 Å². The first-order valence-corrected chi connectivity index (χ1v) is 6.14. The number of hydrogen-bond acceptors (Lipinski definition) is 2. The second-order valence-corrected chi connectivity index (χ2v) is 4.36. The molecule has 0 aliphatic heterocycles. The fourth-order valence-electron chi connectivity index (χ4n) is 1.93. The summed E-state index contributed by atoms with van der Waals surface area (Å²) in [6.45, 7) is 3.82. The van der Waals surface area contributed by atoms with Crippen LogP contribution in [0, 0.1) is 0 Å². The molecule has 0 fully saturated rings. The van der Waals surface area contributed by atoms with Crippen LogP contribution in [0.3, 0.4) is 0 Å². The number of hydrogen-bond donors (Lipinski definition) is 0. The Kier molecular flexibility index (Phi) is 4.13. The Bertz CT molecular complexity index is 534. The second kappa shape index (κ2) is 6.00. The van der Waals surface area contributed by atoms with Gasteiger partial charge in [0.1, 0.15) is 6.33 Å². The summed E-state index contributed by atoms with van der Waals surface area (Å²) in [4.78, 5) is 17.8. The molecule has 2 aromatic rings. The van der Waals surface area contributed by atoms with Crippen LogP contribution in [0.15, 0.2) is 61.7 Å². The molecule has 0 saturated heterocycles. The van der Waals surface area contributed by atoms with Crippen LogP contribution >= 0.6 is 0 Å². The quantitative estimate of drug-likeness (QED) is 0.787. The molecule has 1 unspecified atom stereocenters. The van der Waals surface area contributed by atoms with Crippen molar-refractivity contribution in [2.24, 2.45) is 0 Å². The smallest absolute Gasteiger partial charge is 0.320 e. The van der Waals surface area contributed by atoms with Gasteiger partial charge in [0.25, 0.3) is 0 Å². The van der Waals surface area contributed by atoms with Gasteiger partial charge in [-0.25, -0.2) is 9.78 Å². The van der Waals surface area contributed by atoms with Crippen LogP contribution in [-0.4, -0.2) is 33.6 Å². The van der Waals surface area contributed by atoms with Gasteiger partial charge in [-0.05, 0) is 12.0 Å². The van der Waals surface area contributed by atoms with Crippen molar-refractivity contribution in [1.82, 2.24) is 14.5 Å². The normalized spacial score (nSPS) is 11.8. The van der Waals surface area contributed by atoms with Crippen LogP contribution in [0.4, 0.5) is 4.79 Å². The summed E-state index contributed by atoms with van der Waals surface area (Å²) in [6.07, 6.45) is 7.28. The van der Waals surface area contributed by atoms with Gasteiger partial charge in [-0.15, -0.1) is 6.58 Å². The van der Waals surface area contributed by atoms with Crippen LogP contribution in [0.5, 0.6) is 0 Å². The molecule has 0 N–H and O–H groups in total. The van der Waals surface area contributed by atoms with Gasteiger partial charge in [-0.3, -0.25) is 4.57 Å². The lowest BCUT2D eigenvalue weighted by molar-refractivity contribution is 0.201. The fourth-order valence-corrected chi connectivity index (χ4v) is 1.93. The number of likely N-dealkylation sites (N-methyl/N-ethyl adjacent to an activating group) is 1. The van der Waals surface area contributed by atoms with E-state index in [1.54, 1.807) is 30.4 Å². The Morgan fingerprint density at radius 1 is 1.47 bits per heavy atom. The Balaban J connectivity index is 2.09. The minimum Gasteiger partial charge on any atom is -0.320 e. The molecule has 2 rings (SSSR count). The third-order valence-corrected chi connectivity index (χ3v) is 3.08. The molecule has 0 saturated carbocycles. The molecular formula is C15H17N3O. The highest BCUT2D eigenvalue weighted by atomic mass is 16.2. The minimum atomic E-state index is -0.113. The highest BCUT2D eigenvalue weighted by Crippen LogP contribution is 2.10. The van der Waals surface area contributed by atoms with E-state index < -0.39 is 0 Å². The van der Waals surface area contributed by atoms with E-state index in [2.05, 4.69) is 11.6 Å². The number of benzene rings is 1. The predicted molar refractivity (Wildman–Crippen MR) is 74.9 cm³/mol. The third kappa shape index (κ3) is 3.10. The summed E-state index contributed by atoms with van der Waals surface area (Å²) in [5.41, 5.74) is 1.18. The van der Waals surface area contributed by atoms with Gasteiger partial charge in [-0.2, -0.15) is 0 Å². The first-order valence-electron chi connectivity index (χ1n) is 6.14. The number of carbonyl (C=O) groups excluding carboxylic acids is 1. The van der Waals surface area contributed by atoms with E-state index in [4.69, 9.17) is 0 Å². The van der Waals surface area contributed by atoms with Crippen LogP contribution in [0.25, 0.3) is 0 Å². The molecule has 1 atom stereocenters. The molecule has 0 radical (unpaired) electrons. The summed E-state index contributed by atoms with van der Waals surface area (Å²) in [6, 6.07) is 9.90. The van der Waals surface area contributed by atoms with Gasteiger partial charge < -0.3 is 4.90 Å². The lowest BCUT2D eigenvalue weighted by Crippen LogP contribution is -2.39. The van der Waals surface area contributed by atoms with E-state index in [9.17, 15) is 4.79 Å². The van der Waals surface area contributed by atoms with Gasteiger partial charge in [0.15, 0.2) is 0 Å². The largest absolute Gasteiger partial charge is 0.329 e.